The molecule has 0 aliphatic carbocycles. The molecular formula is C17H18F3N5O2. The van der Waals surface area contributed by atoms with Gasteiger partial charge in [-0.1, -0.05) is 6.07 Å². The number of carbonyl (C=O) groups is 2. The lowest BCUT2D eigenvalue weighted by atomic mass is 10.1. The number of alkyl halides is 3. The molecule has 144 valence electrons. The van der Waals surface area contributed by atoms with Gasteiger partial charge in [-0.3, -0.25) is 9.59 Å². The van der Waals surface area contributed by atoms with Crippen LogP contribution in [0.25, 0.3) is 0 Å². The van der Waals surface area contributed by atoms with E-state index in [1.54, 1.807) is 11.8 Å². The first kappa shape index (κ1) is 18.9. The normalized spacial score (nSPS) is 16.3. The number of nitrogens with zero attached hydrogens (tertiary/aromatic N) is 5. The highest BCUT2D eigenvalue weighted by molar-refractivity contribution is 5.94. The summed E-state index contributed by atoms with van der Waals surface area (Å²) in [5.74, 6) is -0.621. The van der Waals surface area contributed by atoms with Crippen molar-refractivity contribution in [2.24, 2.45) is 0 Å². The predicted octanol–water partition coefficient (Wildman–Crippen LogP) is 1.84. The van der Waals surface area contributed by atoms with E-state index >= 15 is 0 Å². The van der Waals surface area contributed by atoms with Crippen molar-refractivity contribution in [2.75, 3.05) is 26.2 Å². The lowest BCUT2D eigenvalue weighted by Crippen LogP contribution is -2.52. The van der Waals surface area contributed by atoms with Crippen LogP contribution in [0.3, 0.4) is 0 Å². The van der Waals surface area contributed by atoms with Gasteiger partial charge in [-0.05, 0) is 25.1 Å². The number of benzene rings is 1. The Bertz CT molecular complexity index is 814. The quantitative estimate of drug-likeness (QED) is 0.814. The van der Waals surface area contributed by atoms with Crippen molar-refractivity contribution in [1.82, 2.24) is 24.6 Å². The molecule has 1 aliphatic rings. The highest BCUT2D eigenvalue weighted by Gasteiger charge is 2.32. The molecule has 3 rings (SSSR count). The van der Waals surface area contributed by atoms with Crippen LogP contribution in [0, 0.1) is 0 Å². The fourth-order valence-electron chi connectivity index (χ4n) is 2.94. The molecule has 1 unspecified atom stereocenters. The van der Waals surface area contributed by atoms with Crippen molar-refractivity contribution in [3.8, 4) is 0 Å². The SMILES string of the molecule is CC(C(=O)N1CCN(C(=O)c2cccc(C(F)(F)F)c2)CC1)n1cncn1. The second-order valence-corrected chi connectivity index (χ2v) is 6.25. The summed E-state index contributed by atoms with van der Waals surface area (Å²) in [6.45, 7) is 2.83. The number of amides is 2. The summed E-state index contributed by atoms with van der Waals surface area (Å²) >= 11 is 0. The van der Waals surface area contributed by atoms with Gasteiger partial charge in [-0.25, -0.2) is 9.67 Å². The summed E-state index contributed by atoms with van der Waals surface area (Å²) in [5.41, 5.74) is -0.871. The molecule has 2 aromatic rings. The Balaban J connectivity index is 1.62. The van der Waals surface area contributed by atoms with E-state index in [1.165, 1.54) is 34.4 Å². The third-order valence-electron chi connectivity index (χ3n) is 4.51. The van der Waals surface area contributed by atoms with E-state index in [9.17, 15) is 22.8 Å². The number of hydrogen-bond acceptors (Lipinski definition) is 4. The topological polar surface area (TPSA) is 71.3 Å². The van der Waals surface area contributed by atoms with Gasteiger partial charge in [0.1, 0.15) is 18.7 Å². The molecule has 2 heterocycles. The average Bonchev–Trinajstić information content (AvgIpc) is 3.20. The number of piperazine rings is 1. The first-order chi connectivity index (χ1) is 12.8. The molecule has 0 N–H and O–H groups in total. The van der Waals surface area contributed by atoms with E-state index in [-0.39, 0.29) is 24.6 Å². The molecule has 0 spiro atoms. The van der Waals surface area contributed by atoms with Crippen LogP contribution >= 0.6 is 0 Å². The van der Waals surface area contributed by atoms with E-state index in [1.807, 2.05) is 0 Å². The van der Waals surface area contributed by atoms with Crippen LogP contribution < -0.4 is 0 Å². The number of rotatable bonds is 3. The summed E-state index contributed by atoms with van der Waals surface area (Å²) in [5, 5.41) is 3.94. The van der Waals surface area contributed by atoms with E-state index in [2.05, 4.69) is 10.1 Å². The zero-order valence-corrected chi connectivity index (χ0v) is 14.6. The molecule has 0 radical (unpaired) electrons. The Labute approximate surface area is 153 Å². The van der Waals surface area contributed by atoms with E-state index < -0.39 is 23.7 Å². The molecule has 0 bridgehead atoms. The Morgan fingerprint density at radius 1 is 1.11 bits per heavy atom. The van der Waals surface area contributed by atoms with Crippen LogP contribution in [-0.4, -0.2) is 62.6 Å². The van der Waals surface area contributed by atoms with E-state index in [0.29, 0.717) is 13.1 Å². The predicted molar refractivity (Wildman–Crippen MR) is 88.7 cm³/mol. The minimum Gasteiger partial charge on any atom is -0.337 e. The monoisotopic (exact) mass is 381 g/mol. The molecule has 1 aromatic heterocycles. The fourth-order valence-corrected chi connectivity index (χ4v) is 2.94. The van der Waals surface area contributed by atoms with Gasteiger partial charge in [0, 0.05) is 31.7 Å². The van der Waals surface area contributed by atoms with E-state index in [0.717, 1.165) is 12.1 Å². The number of hydrogen-bond donors (Lipinski definition) is 0. The lowest BCUT2D eigenvalue weighted by molar-refractivity contribution is -0.138. The first-order valence-corrected chi connectivity index (χ1v) is 8.37. The molecule has 1 saturated heterocycles. The van der Waals surface area contributed by atoms with Crippen molar-refractivity contribution in [3.63, 3.8) is 0 Å². The van der Waals surface area contributed by atoms with Crippen LogP contribution in [-0.2, 0) is 11.0 Å². The molecule has 1 aromatic carbocycles. The standard InChI is InChI=1S/C17H18F3N5O2/c1-12(25-11-21-10-22-25)15(26)23-5-7-24(8-6-23)16(27)13-3-2-4-14(9-13)17(18,19)20/h2-4,9-12H,5-8H2,1H3. The van der Waals surface area contributed by atoms with Crippen LogP contribution in [0.15, 0.2) is 36.9 Å². The summed E-state index contributed by atoms with van der Waals surface area (Å²) in [6.07, 6.45) is -1.70. The van der Waals surface area contributed by atoms with Gasteiger partial charge in [-0.2, -0.15) is 18.3 Å². The maximum Gasteiger partial charge on any atom is 0.416 e. The fraction of sp³-hybridized carbons (Fsp3) is 0.412. The maximum absolute atomic E-state index is 12.8. The van der Waals surface area contributed by atoms with Gasteiger partial charge in [0.05, 0.1) is 5.56 Å². The van der Waals surface area contributed by atoms with Gasteiger partial charge in [-0.15, -0.1) is 0 Å². The highest BCUT2D eigenvalue weighted by Crippen LogP contribution is 2.29. The van der Waals surface area contributed by atoms with E-state index in [4.69, 9.17) is 0 Å². The Morgan fingerprint density at radius 2 is 1.78 bits per heavy atom. The van der Waals surface area contributed by atoms with Crippen molar-refractivity contribution in [2.45, 2.75) is 19.1 Å². The maximum atomic E-state index is 12.8. The van der Waals surface area contributed by atoms with Crippen LogP contribution in [0.2, 0.25) is 0 Å². The van der Waals surface area contributed by atoms with Gasteiger partial charge in [0.25, 0.3) is 5.91 Å². The summed E-state index contributed by atoms with van der Waals surface area (Å²) < 4.78 is 39.9. The Hall–Kier alpha value is -2.91. The minimum atomic E-state index is -4.50. The Morgan fingerprint density at radius 3 is 2.37 bits per heavy atom. The summed E-state index contributed by atoms with van der Waals surface area (Å²) in [6, 6.07) is 3.85. The largest absolute Gasteiger partial charge is 0.416 e. The molecular weight excluding hydrogens is 363 g/mol. The van der Waals surface area contributed by atoms with Gasteiger partial charge in [0.2, 0.25) is 5.91 Å². The van der Waals surface area contributed by atoms with Crippen molar-refractivity contribution < 1.29 is 22.8 Å². The third kappa shape index (κ3) is 4.09. The van der Waals surface area contributed by atoms with Crippen molar-refractivity contribution in [1.29, 1.82) is 0 Å². The average molecular weight is 381 g/mol. The van der Waals surface area contributed by atoms with Gasteiger partial charge >= 0.3 is 6.18 Å². The molecule has 10 heteroatoms. The molecule has 27 heavy (non-hydrogen) atoms. The molecule has 0 saturated carbocycles. The number of halogens is 3. The lowest BCUT2D eigenvalue weighted by Gasteiger charge is -2.36. The third-order valence-corrected chi connectivity index (χ3v) is 4.51. The highest BCUT2D eigenvalue weighted by atomic mass is 19.4. The van der Waals surface area contributed by atoms with Gasteiger partial charge in [0.15, 0.2) is 0 Å². The van der Waals surface area contributed by atoms with Crippen LogP contribution in [0.1, 0.15) is 28.9 Å². The van der Waals surface area contributed by atoms with Crippen molar-refractivity contribution >= 4 is 11.8 Å². The second kappa shape index (κ2) is 7.37. The molecule has 7 nitrogen and oxygen atoms in total. The zero-order valence-electron chi connectivity index (χ0n) is 14.6. The minimum absolute atomic E-state index is 0.0133. The van der Waals surface area contributed by atoms with Crippen LogP contribution in [0.5, 0.6) is 0 Å². The molecule has 1 fully saturated rings. The molecule has 1 aliphatic heterocycles. The number of carbonyl (C=O) groups excluding carboxylic acids is 2. The summed E-state index contributed by atoms with van der Waals surface area (Å²) in [7, 11) is 0. The zero-order chi connectivity index (χ0) is 19.6. The van der Waals surface area contributed by atoms with Crippen LogP contribution in [0.4, 0.5) is 13.2 Å². The van der Waals surface area contributed by atoms with Gasteiger partial charge < -0.3 is 9.80 Å². The Kier molecular flexibility index (Phi) is 5.15. The second-order valence-electron chi connectivity index (χ2n) is 6.25. The van der Waals surface area contributed by atoms with Crippen molar-refractivity contribution in [3.05, 3.63) is 48.0 Å². The molecule has 2 amide bonds. The number of aromatic nitrogens is 3. The first-order valence-electron chi connectivity index (χ1n) is 8.37. The smallest absolute Gasteiger partial charge is 0.337 e. The molecule has 1 atom stereocenters. The summed E-state index contributed by atoms with van der Waals surface area (Å²) in [4.78, 5) is 31.9.